The minimum Gasteiger partial charge on any atom is -0.291 e. The van der Waals surface area contributed by atoms with Crippen molar-refractivity contribution in [1.82, 2.24) is 0 Å². The number of hydrogen-bond acceptors (Lipinski definition) is 8. The Morgan fingerprint density at radius 1 is 0.529 bits per heavy atom. The van der Waals surface area contributed by atoms with Gasteiger partial charge in [0.15, 0.2) is 35.2 Å². The molecule has 0 unspecified atom stereocenters. The summed E-state index contributed by atoms with van der Waals surface area (Å²) < 4.78 is 0. The van der Waals surface area contributed by atoms with Gasteiger partial charge in [-0.3, -0.25) is 19.2 Å². The number of aryl methyl sites for hydroxylation is 2. The molecule has 0 N–H and O–H groups in total. The molecule has 0 aromatic heterocycles. The van der Waals surface area contributed by atoms with E-state index in [1.54, 1.807) is 36.4 Å². The number of benzene rings is 3. The summed E-state index contributed by atoms with van der Waals surface area (Å²) in [6, 6.07) is 14.3. The minimum atomic E-state index is -1.33. The number of azo groups is 2. The van der Waals surface area contributed by atoms with Gasteiger partial charge in [0.05, 0.1) is 11.4 Å². The molecule has 0 spiro atoms. The molecule has 3 aromatic carbocycles. The predicted molar refractivity (Wildman–Crippen MR) is 123 cm³/mol. The molecular formula is C26H18N4O4. The maximum atomic E-state index is 12.9. The highest BCUT2D eigenvalue weighted by Crippen LogP contribution is 2.34. The maximum absolute atomic E-state index is 12.9. The smallest absolute Gasteiger partial charge is 0.197 e. The van der Waals surface area contributed by atoms with Crippen LogP contribution in [0.5, 0.6) is 0 Å². The number of ketones is 4. The average Bonchev–Trinajstić information content (AvgIpc) is 3.19. The number of carbonyl (C=O) groups is 4. The topological polar surface area (TPSA) is 118 Å². The molecule has 0 bridgehead atoms. The van der Waals surface area contributed by atoms with Crippen molar-refractivity contribution in [2.24, 2.45) is 20.5 Å². The quantitative estimate of drug-likeness (QED) is 0.392. The first kappa shape index (κ1) is 21.4. The van der Waals surface area contributed by atoms with Crippen molar-refractivity contribution in [3.8, 4) is 0 Å². The van der Waals surface area contributed by atoms with E-state index in [9.17, 15) is 19.2 Å². The lowest BCUT2D eigenvalue weighted by Crippen LogP contribution is -2.20. The zero-order valence-electron chi connectivity index (χ0n) is 18.4. The first-order valence-corrected chi connectivity index (χ1v) is 10.6. The number of rotatable bonds is 4. The third-order valence-electron chi connectivity index (χ3n) is 5.79. The fraction of sp³-hybridized carbons (Fsp3) is 0.154. The van der Waals surface area contributed by atoms with Crippen LogP contribution in [0.25, 0.3) is 0 Å². The van der Waals surface area contributed by atoms with Gasteiger partial charge in [-0.25, -0.2) is 0 Å². The lowest BCUT2D eigenvalue weighted by molar-refractivity contribution is 0.0879. The number of carbonyl (C=O) groups excluding carboxylic acids is 4. The predicted octanol–water partition coefficient (Wildman–Crippen LogP) is 5.37. The highest BCUT2D eigenvalue weighted by atomic mass is 16.2. The summed E-state index contributed by atoms with van der Waals surface area (Å²) in [6.45, 7) is 3.79. The van der Waals surface area contributed by atoms with Crippen LogP contribution < -0.4 is 0 Å². The van der Waals surface area contributed by atoms with E-state index in [4.69, 9.17) is 0 Å². The Balaban J connectivity index is 1.43. The van der Waals surface area contributed by atoms with Crippen molar-refractivity contribution in [2.75, 3.05) is 0 Å². The molecule has 0 fully saturated rings. The molecule has 0 amide bonds. The normalized spacial score (nSPS) is 16.3. The molecule has 5 rings (SSSR count). The van der Waals surface area contributed by atoms with Crippen LogP contribution in [-0.2, 0) is 0 Å². The molecule has 3 aromatic rings. The van der Waals surface area contributed by atoms with Crippen LogP contribution in [0.3, 0.4) is 0 Å². The Kier molecular flexibility index (Phi) is 5.13. The molecule has 2 aliphatic carbocycles. The van der Waals surface area contributed by atoms with Crippen molar-refractivity contribution >= 4 is 34.5 Å². The van der Waals surface area contributed by atoms with Crippen molar-refractivity contribution in [3.05, 3.63) is 94.0 Å². The van der Waals surface area contributed by atoms with Crippen LogP contribution >= 0.6 is 0 Å². The summed E-state index contributed by atoms with van der Waals surface area (Å²) in [5, 5.41) is 16.0. The zero-order chi connectivity index (χ0) is 24.0. The van der Waals surface area contributed by atoms with Gasteiger partial charge in [-0.15, -0.1) is 0 Å². The van der Waals surface area contributed by atoms with E-state index in [1.165, 1.54) is 12.1 Å². The van der Waals surface area contributed by atoms with Gasteiger partial charge >= 0.3 is 0 Å². The fourth-order valence-corrected chi connectivity index (χ4v) is 4.08. The lowest BCUT2D eigenvalue weighted by atomic mass is 10.0. The van der Waals surface area contributed by atoms with Crippen molar-refractivity contribution in [2.45, 2.75) is 25.9 Å². The van der Waals surface area contributed by atoms with Gasteiger partial charge in [0, 0.05) is 22.3 Å². The van der Waals surface area contributed by atoms with E-state index >= 15 is 0 Å². The van der Waals surface area contributed by atoms with E-state index in [2.05, 4.69) is 20.5 Å². The molecule has 34 heavy (non-hydrogen) atoms. The Bertz CT molecular complexity index is 1310. The molecule has 2 aliphatic rings. The molecule has 8 heteroatoms. The summed E-state index contributed by atoms with van der Waals surface area (Å²) in [6.07, 6.45) is 0. The first-order valence-electron chi connectivity index (χ1n) is 10.6. The largest absolute Gasteiger partial charge is 0.291 e. The molecule has 0 saturated carbocycles. The van der Waals surface area contributed by atoms with Crippen molar-refractivity contribution in [1.29, 1.82) is 0 Å². The molecule has 0 aliphatic heterocycles. The SMILES string of the molecule is Cc1cccc(N=NC2C(=O)c3cc4c(cc3C2=O)C(=O)C(N=Nc2cccc(C)c2)C4=O)c1. The number of fused-ring (bicyclic) bond motifs is 2. The maximum Gasteiger partial charge on any atom is 0.197 e. The van der Waals surface area contributed by atoms with Crippen LogP contribution in [-0.4, -0.2) is 35.2 Å². The number of nitrogens with zero attached hydrogens (tertiary/aromatic N) is 4. The Morgan fingerprint density at radius 2 is 0.882 bits per heavy atom. The van der Waals surface area contributed by atoms with Crippen LogP contribution in [0.1, 0.15) is 52.6 Å². The third kappa shape index (κ3) is 3.59. The summed E-state index contributed by atoms with van der Waals surface area (Å²) in [5.74, 6) is -2.21. The molecule has 0 heterocycles. The van der Waals surface area contributed by atoms with E-state index < -0.39 is 35.2 Å². The van der Waals surface area contributed by atoms with Gasteiger partial charge in [-0.2, -0.15) is 20.5 Å². The molecular weight excluding hydrogens is 432 g/mol. The minimum absolute atomic E-state index is 0.0642. The highest BCUT2D eigenvalue weighted by molar-refractivity contribution is 6.34. The highest BCUT2D eigenvalue weighted by Gasteiger charge is 2.45. The van der Waals surface area contributed by atoms with Crippen molar-refractivity contribution < 1.29 is 19.2 Å². The van der Waals surface area contributed by atoms with Gasteiger partial charge < -0.3 is 0 Å². The molecule has 0 atom stereocenters. The lowest BCUT2D eigenvalue weighted by Gasteiger charge is -1.99. The Morgan fingerprint density at radius 3 is 1.21 bits per heavy atom. The number of Topliss-reactive ketones (excluding diaryl/α,β-unsaturated/α-hetero) is 4. The molecule has 0 saturated heterocycles. The zero-order valence-corrected chi connectivity index (χ0v) is 18.4. The average molecular weight is 450 g/mol. The fourth-order valence-electron chi connectivity index (χ4n) is 4.08. The van der Waals surface area contributed by atoms with Crippen LogP contribution in [0, 0.1) is 13.8 Å². The van der Waals surface area contributed by atoms with Gasteiger partial charge in [-0.1, -0.05) is 24.3 Å². The summed E-state index contributed by atoms with van der Waals surface area (Å²) in [4.78, 5) is 51.6. The standard InChI is InChI=1S/C26H18N4O4/c1-13-5-3-7-15(9-13)27-29-21-23(31)17-11-19-20(12-18(17)24(21)32)26(34)22(25(19)33)30-28-16-8-4-6-14(2)10-16/h3-12,21-22H,1-2H3. The molecule has 8 nitrogen and oxygen atoms in total. The first-order chi connectivity index (χ1) is 16.3. The second kappa shape index (κ2) is 8.15. The Hall–Kier alpha value is -4.46. The third-order valence-corrected chi connectivity index (χ3v) is 5.79. The van der Waals surface area contributed by atoms with E-state index in [-0.39, 0.29) is 22.3 Å². The van der Waals surface area contributed by atoms with Crippen molar-refractivity contribution in [3.63, 3.8) is 0 Å². The van der Waals surface area contributed by atoms with Crippen LogP contribution in [0.15, 0.2) is 81.1 Å². The monoisotopic (exact) mass is 450 g/mol. The molecule has 0 radical (unpaired) electrons. The second-order valence-electron chi connectivity index (χ2n) is 8.31. The van der Waals surface area contributed by atoms with Gasteiger partial charge in [0.2, 0.25) is 0 Å². The van der Waals surface area contributed by atoms with E-state index in [0.29, 0.717) is 11.4 Å². The van der Waals surface area contributed by atoms with Gasteiger partial charge in [-0.05, 0) is 61.4 Å². The van der Waals surface area contributed by atoms with E-state index in [0.717, 1.165) is 11.1 Å². The van der Waals surface area contributed by atoms with Gasteiger partial charge in [0.25, 0.3) is 0 Å². The van der Waals surface area contributed by atoms with Crippen LogP contribution in [0.4, 0.5) is 11.4 Å². The van der Waals surface area contributed by atoms with E-state index in [1.807, 2.05) is 26.0 Å². The Labute approximate surface area is 194 Å². The van der Waals surface area contributed by atoms with Crippen LogP contribution in [0.2, 0.25) is 0 Å². The summed E-state index contributed by atoms with van der Waals surface area (Å²) in [7, 11) is 0. The summed E-state index contributed by atoms with van der Waals surface area (Å²) in [5.41, 5.74) is 3.22. The number of hydrogen-bond donors (Lipinski definition) is 0. The second-order valence-corrected chi connectivity index (χ2v) is 8.31. The van der Waals surface area contributed by atoms with Gasteiger partial charge in [0.1, 0.15) is 0 Å². The summed E-state index contributed by atoms with van der Waals surface area (Å²) >= 11 is 0. The molecule has 166 valence electrons.